The number of hydrogen-bond donors (Lipinski definition) is 1. The summed E-state index contributed by atoms with van der Waals surface area (Å²) in [5, 5.41) is 0. The lowest BCUT2D eigenvalue weighted by molar-refractivity contribution is 0.591. The molecular weight excluding hydrogens is 308 g/mol. The molecule has 1 heterocycles. The van der Waals surface area contributed by atoms with Gasteiger partial charge in [-0.2, -0.15) is 0 Å². The van der Waals surface area contributed by atoms with Gasteiger partial charge < -0.3 is 5.73 Å². The van der Waals surface area contributed by atoms with E-state index in [0.717, 1.165) is 24.8 Å². The number of aryl methyl sites for hydroxylation is 2. The number of benzene rings is 2. The lowest BCUT2D eigenvalue weighted by Gasteiger charge is -2.22. The van der Waals surface area contributed by atoms with Gasteiger partial charge in [-0.25, -0.2) is 8.42 Å². The summed E-state index contributed by atoms with van der Waals surface area (Å²) in [7, 11) is -3.55. The summed E-state index contributed by atoms with van der Waals surface area (Å²) in [5.74, 6) is 0. The van der Waals surface area contributed by atoms with E-state index in [-0.39, 0.29) is 0 Å². The van der Waals surface area contributed by atoms with Gasteiger partial charge in [0.25, 0.3) is 10.0 Å². The summed E-state index contributed by atoms with van der Waals surface area (Å²) in [5.41, 5.74) is 10.7. The van der Waals surface area contributed by atoms with Gasteiger partial charge in [-0.3, -0.25) is 4.31 Å². The highest BCUT2D eigenvalue weighted by Crippen LogP contribution is 2.38. The third-order valence-corrected chi connectivity index (χ3v) is 6.69. The van der Waals surface area contributed by atoms with Gasteiger partial charge in [0.05, 0.1) is 16.3 Å². The molecule has 2 aromatic rings. The van der Waals surface area contributed by atoms with Crippen molar-refractivity contribution in [2.75, 3.05) is 16.6 Å². The number of rotatable bonds is 2. The topological polar surface area (TPSA) is 63.4 Å². The number of hydrogen-bond acceptors (Lipinski definition) is 3. The van der Waals surface area contributed by atoms with E-state index in [0.29, 0.717) is 29.2 Å². The third kappa shape index (κ3) is 2.30. The highest BCUT2D eigenvalue weighted by molar-refractivity contribution is 7.92. The van der Waals surface area contributed by atoms with Crippen LogP contribution < -0.4 is 10.0 Å². The molecule has 0 aromatic heterocycles. The van der Waals surface area contributed by atoms with Gasteiger partial charge in [0.15, 0.2) is 0 Å². The molecule has 0 saturated heterocycles. The Morgan fingerprint density at radius 1 is 0.913 bits per heavy atom. The average molecular weight is 328 g/mol. The molecule has 2 aliphatic rings. The lowest BCUT2D eigenvalue weighted by atomic mass is 9.92. The van der Waals surface area contributed by atoms with Crippen LogP contribution in [0.15, 0.2) is 41.3 Å². The highest BCUT2D eigenvalue weighted by Gasteiger charge is 2.32. The molecule has 0 saturated carbocycles. The maximum Gasteiger partial charge on any atom is 0.264 e. The molecule has 0 unspecified atom stereocenters. The Kier molecular flexibility index (Phi) is 3.34. The first-order valence-electron chi connectivity index (χ1n) is 8.09. The number of sulfonamides is 1. The van der Waals surface area contributed by atoms with Crippen molar-refractivity contribution in [1.82, 2.24) is 0 Å². The monoisotopic (exact) mass is 328 g/mol. The zero-order valence-corrected chi connectivity index (χ0v) is 13.8. The van der Waals surface area contributed by atoms with Crippen molar-refractivity contribution in [3.8, 4) is 0 Å². The van der Waals surface area contributed by atoms with E-state index in [1.165, 1.54) is 21.9 Å². The Bertz CT molecular complexity index is 875. The predicted molar refractivity (Wildman–Crippen MR) is 92.2 cm³/mol. The summed E-state index contributed by atoms with van der Waals surface area (Å²) in [6.07, 6.45) is 5.06. The van der Waals surface area contributed by atoms with Crippen molar-refractivity contribution in [3.05, 3.63) is 53.1 Å². The van der Waals surface area contributed by atoms with Crippen molar-refractivity contribution >= 4 is 21.4 Å². The quantitative estimate of drug-likeness (QED) is 0.862. The Morgan fingerprint density at radius 2 is 1.70 bits per heavy atom. The molecule has 23 heavy (non-hydrogen) atoms. The summed E-state index contributed by atoms with van der Waals surface area (Å²) < 4.78 is 27.7. The van der Waals surface area contributed by atoms with Crippen LogP contribution in [-0.2, 0) is 29.3 Å². The van der Waals surface area contributed by atoms with Gasteiger partial charge in [-0.1, -0.05) is 18.2 Å². The molecular formula is C18H20N2O2S. The van der Waals surface area contributed by atoms with Gasteiger partial charge >= 0.3 is 0 Å². The molecule has 0 bridgehead atoms. The first-order chi connectivity index (χ1) is 11.1. The van der Waals surface area contributed by atoms with Crippen molar-refractivity contribution in [1.29, 1.82) is 0 Å². The van der Waals surface area contributed by atoms with Crippen LogP contribution in [0.4, 0.5) is 11.4 Å². The van der Waals surface area contributed by atoms with Crippen molar-refractivity contribution in [3.63, 3.8) is 0 Å². The number of anilines is 2. The van der Waals surface area contributed by atoms with Crippen LogP contribution in [0.1, 0.15) is 29.5 Å². The number of nitrogens with zero attached hydrogens (tertiary/aromatic N) is 1. The number of nitrogen functional groups attached to an aromatic ring is 1. The summed E-state index contributed by atoms with van der Waals surface area (Å²) in [6.45, 7) is 0.461. The van der Waals surface area contributed by atoms with Gasteiger partial charge in [-0.05, 0) is 67.0 Å². The molecule has 5 heteroatoms. The Morgan fingerprint density at radius 3 is 2.52 bits per heavy atom. The van der Waals surface area contributed by atoms with E-state index < -0.39 is 10.0 Å². The van der Waals surface area contributed by atoms with Gasteiger partial charge in [0.2, 0.25) is 0 Å². The maximum absolute atomic E-state index is 13.1. The first kappa shape index (κ1) is 14.6. The highest BCUT2D eigenvalue weighted by atomic mass is 32.2. The lowest BCUT2D eigenvalue weighted by Crippen LogP contribution is -2.30. The fourth-order valence-corrected chi connectivity index (χ4v) is 5.27. The first-order valence-corrected chi connectivity index (χ1v) is 9.53. The second-order valence-corrected chi connectivity index (χ2v) is 8.18. The molecule has 1 aliphatic heterocycles. The smallest absolute Gasteiger partial charge is 0.264 e. The van der Waals surface area contributed by atoms with E-state index in [1.807, 2.05) is 24.3 Å². The molecule has 4 nitrogen and oxygen atoms in total. The normalized spacial score (nSPS) is 17.0. The van der Waals surface area contributed by atoms with Crippen LogP contribution in [-0.4, -0.2) is 15.0 Å². The average Bonchev–Trinajstić information content (AvgIpc) is 3.00. The molecule has 0 fully saturated rings. The van der Waals surface area contributed by atoms with Crippen LogP contribution >= 0.6 is 0 Å². The van der Waals surface area contributed by atoms with E-state index in [1.54, 1.807) is 12.1 Å². The van der Waals surface area contributed by atoms with Crippen molar-refractivity contribution in [2.24, 2.45) is 0 Å². The largest absolute Gasteiger partial charge is 0.397 e. The standard InChI is InChI=1S/C18H20N2O2S/c19-17-7-3-6-14-10-11-20(18(14)17)23(21,22)16-9-8-13-4-1-2-5-15(13)12-16/h3,6-9,12H,1-2,4-5,10-11,19H2. The molecule has 120 valence electrons. The zero-order valence-electron chi connectivity index (χ0n) is 13.0. The number of para-hydroxylation sites is 1. The molecule has 1 aliphatic carbocycles. The Balaban J connectivity index is 1.78. The number of nitrogens with two attached hydrogens (primary N) is 1. The number of fused-ring (bicyclic) bond motifs is 2. The SMILES string of the molecule is Nc1cccc2c1N(S(=O)(=O)c1ccc3c(c1)CCCC3)CC2. The Hall–Kier alpha value is -2.01. The fourth-order valence-electron chi connectivity index (χ4n) is 3.69. The minimum absolute atomic E-state index is 0.384. The maximum atomic E-state index is 13.1. The zero-order chi connectivity index (χ0) is 16.0. The van der Waals surface area contributed by atoms with E-state index in [2.05, 4.69) is 0 Å². The fraction of sp³-hybridized carbons (Fsp3) is 0.333. The van der Waals surface area contributed by atoms with Gasteiger partial charge in [0.1, 0.15) is 0 Å². The van der Waals surface area contributed by atoms with Crippen LogP contribution in [0, 0.1) is 0 Å². The van der Waals surface area contributed by atoms with Gasteiger partial charge in [-0.15, -0.1) is 0 Å². The molecule has 2 N–H and O–H groups in total. The van der Waals surface area contributed by atoms with Crippen LogP contribution in [0.2, 0.25) is 0 Å². The predicted octanol–water partition coefficient (Wildman–Crippen LogP) is 2.90. The van der Waals surface area contributed by atoms with E-state index in [9.17, 15) is 8.42 Å². The molecule has 4 rings (SSSR count). The van der Waals surface area contributed by atoms with Crippen LogP contribution in [0.25, 0.3) is 0 Å². The van der Waals surface area contributed by atoms with Gasteiger partial charge in [0, 0.05) is 6.54 Å². The second-order valence-electron chi connectivity index (χ2n) is 6.32. The van der Waals surface area contributed by atoms with Crippen molar-refractivity contribution in [2.45, 2.75) is 37.0 Å². The molecule has 0 atom stereocenters. The summed E-state index contributed by atoms with van der Waals surface area (Å²) in [4.78, 5) is 0.384. The van der Waals surface area contributed by atoms with Crippen LogP contribution in [0.5, 0.6) is 0 Å². The minimum atomic E-state index is -3.55. The summed E-state index contributed by atoms with van der Waals surface area (Å²) >= 11 is 0. The molecule has 2 aromatic carbocycles. The molecule has 0 amide bonds. The second kappa shape index (κ2) is 5.27. The third-order valence-electron chi connectivity index (χ3n) is 4.89. The Labute approximate surface area is 137 Å². The van der Waals surface area contributed by atoms with Crippen molar-refractivity contribution < 1.29 is 8.42 Å². The van der Waals surface area contributed by atoms with E-state index in [4.69, 9.17) is 5.73 Å². The minimum Gasteiger partial charge on any atom is -0.397 e. The molecule has 0 radical (unpaired) electrons. The summed E-state index contributed by atoms with van der Waals surface area (Å²) in [6, 6.07) is 11.2. The molecule has 0 spiro atoms. The van der Waals surface area contributed by atoms with Crippen LogP contribution in [0.3, 0.4) is 0 Å². The van der Waals surface area contributed by atoms with E-state index >= 15 is 0 Å².